The molecule has 0 aliphatic heterocycles. The first-order valence-corrected chi connectivity index (χ1v) is 18.8. The average Bonchev–Trinajstić information content (AvgIpc) is 3.91. The first-order valence-electron chi connectivity index (χ1n) is 18.8. The molecule has 0 fully saturated rings. The number of fused-ring (bicyclic) bond motifs is 11. The van der Waals surface area contributed by atoms with Crippen molar-refractivity contribution in [2.75, 3.05) is 0 Å². The molecule has 0 spiro atoms. The van der Waals surface area contributed by atoms with Gasteiger partial charge in [0.15, 0.2) is 0 Å². The number of para-hydroxylation sites is 2. The van der Waals surface area contributed by atoms with E-state index in [1.165, 1.54) is 71.1 Å². The van der Waals surface area contributed by atoms with Gasteiger partial charge in [-0.15, -0.1) is 0 Å². The van der Waals surface area contributed by atoms with Gasteiger partial charge in [0.25, 0.3) is 0 Å². The number of aromatic nitrogens is 2. The van der Waals surface area contributed by atoms with Gasteiger partial charge in [-0.3, -0.25) is 0 Å². The molecule has 55 heavy (non-hydrogen) atoms. The van der Waals surface area contributed by atoms with Crippen molar-refractivity contribution in [3.8, 4) is 33.6 Å². The Balaban J connectivity index is 1.09. The normalized spacial score (nSPS) is 12.0. The number of furan rings is 1. The summed E-state index contributed by atoms with van der Waals surface area (Å²) in [5.41, 5.74) is 13.6. The Morgan fingerprint density at radius 2 is 0.909 bits per heavy atom. The standard InChI is InChI=1S/C52H32N2O/c1-2-11-33(12-3-1)36-15-10-16-39(29-36)53-45-19-8-6-17-41(45)43-31-37(22-25-46(43)53)38-23-26-47-44(32-38)51-48(27-28-50-52(51)42-18-7-9-20-49(42)55-50)54(47)40-24-21-34-13-4-5-14-35(34)30-40/h1-32H. The van der Waals surface area contributed by atoms with E-state index in [1.807, 2.05) is 6.07 Å². The Bertz CT molecular complexity index is 3490. The fraction of sp³-hybridized carbons (Fsp3) is 0. The van der Waals surface area contributed by atoms with Gasteiger partial charge in [-0.05, 0) is 106 Å². The molecule has 0 aliphatic rings. The predicted octanol–water partition coefficient (Wildman–Crippen LogP) is 14.3. The van der Waals surface area contributed by atoms with E-state index < -0.39 is 0 Å². The SMILES string of the molecule is c1ccc(-c2cccc(-n3c4ccccc4c4cc(-c5ccc6c(c5)c5c7c(ccc5n6-c5ccc6ccccc6c5)oc5ccccc57)ccc43)c2)cc1. The van der Waals surface area contributed by atoms with Gasteiger partial charge >= 0.3 is 0 Å². The van der Waals surface area contributed by atoms with Crippen molar-refractivity contribution >= 4 is 76.3 Å². The van der Waals surface area contributed by atoms with E-state index in [1.54, 1.807) is 0 Å². The molecule has 3 heterocycles. The van der Waals surface area contributed by atoms with Crippen molar-refractivity contribution in [2.24, 2.45) is 0 Å². The van der Waals surface area contributed by atoms with Crippen LogP contribution in [0.15, 0.2) is 199 Å². The van der Waals surface area contributed by atoms with Crippen LogP contribution in [0.1, 0.15) is 0 Å². The highest BCUT2D eigenvalue weighted by Gasteiger charge is 2.20. The molecule has 0 saturated carbocycles. The van der Waals surface area contributed by atoms with Crippen molar-refractivity contribution in [3.05, 3.63) is 194 Å². The Morgan fingerprint density at radius 3 is 1.78 bits per heavy atom. The average molecular weight is 701 g/mol. The van der Waals surface area contributed by atoms with Crippen LogP contribution in [0.3, 0.4) is 0 Å². The van der Waals surface area contributed by atoms with Crippen LogP contribution in [-0.4, -0.2) is 9.13 Å². The first kappa shape index (κ1) is 30.1. The summed E-state index contributed by atoms with van der Waals surface area (Å²) in [7, 11) is 0. The molecule has 256 valence electrons. The van der Waals surface area contributed by atoms with E-state index in [0.29, 0.717) is 0 Å². The van der Waals surface area contributed by atoms with Crippen LogP contribution >= 0.6 is 0 Å². The third-order valence-corrected chi connectivity index (χ3v) is 11.5. The van der Waals surface area contributed by atoms with Gasteiger partial charge in [-0.1, -0.05) is 121 Å². The number of nitrogens with zero attached hydrogens (tertiary/aromatic N) is 2. The molecule has 3 nitrogen and oxygen atoms in total. The maximum absolute atomic E-state index is 6.45. The second-order valence-corrected chi connectivity index (χ2v) is 14.5. The Kier molecular flexibility index (Phi) is 6.34. The molecular formula is C52H32N2O. The summed E-state index contributed by atoms with van der Waals surface area (Å²) in [5, 5.41) is 9.65. The number of hydrogen-bond donors (Lipinski definition) is 0. The minimum atomic E-state index is 0.905. The highest BCUT2D eigenvalue weighted by Crippen LogP contribution is 2.43. The van der Waals surface area contributed by atoms with Gasteiger partial charge in [0, 0.05) is 43.7 Å². The highest BCUT2D eigenvalue weighted by atomic mass is 16.3. The van der Waals surface area contributed by atoms with Crippen LogP contribution < -0.4 is 0 Å². The molecule has 12 aromatic rings. The van der Waals surface area contributed by atoms with Crippen molar-refractivity contribution in [1.82, 2.24) is 9.13 Å². The van der Waals surface area contributed by atoms with Gasteiger partial charge < -0.3 is 13.6 Å². The van der Waals surface area contributed by atoms with Gasteiger partial charge in [-0.25, -0.2) is 0 Å². The van der Waals surface area contributed by atoms with Gasteiger partial charge in [-0.2, -0.15) is 0 Å². The molecular weight excluding hydrogens is 669 g/mol. The molecule has 0 aliphatic carbocycles. The molecule has 0 atom stereocenters. The van der Waals surface area contributed by atoms with Crippen LogP contribution in [0, 0.1) is 0 Å². The first-order chi connectivity index (χ1) is 27.3. The monoisotopic (exact) mass is 700 g/mol. The summed E-state index contributed by atoms with van der Waals surface area (Å²) in [6.45, 7) is 0. The summed E-state index contributed by atoms with van der Waals surface area (Å²) >= 11 is 0. The molecule has 0 bridgehead atoms. The molecule has 0 amide bonds. The van der Waals surface area contributed by atoms with Crippen LogP contribution in [-0.2, 0) is 0 Å². The predicted molar refractivity (Wildman–Crippen MR) is 231 cm³/mol. The zero-order valence-electron chi connectivity index (χ0n) is 29.8. The van der Waals surface area contributed by atoms with Crippen LogP contribution in [0.25, 0.3) is 110 Å². The van der Waals surface area contributed by atoms with E-state index in [4.69, 9.17) is 4.42 Å². The van der Waals surface area contributed by atoms with Crippen LogP contribution in [0.5, 0.6) is 0 Å². The molecule has 0 unspecified atom stereocenters. The van der Waals surface area contributed by atoms with Crippen molar-refractivity contribution in [2.45, 2.75) is 0 Å². The molecule has 12 rings (SSSR count). The number of hydrogen-bond acceptors (Lipinski definition) is 1. The zero-order valence-corrected chi connectivity index (χ0v) is 29.8. The second-order valence-electron chi connectivity index (χ2n) is 14.5. The van der Waals surface area contributed by atoms with Gasteiger partial charge in [0.05, 0.1) is 22.1 Å². The van der Waals surface area contributed by atoms with E-state index in [2.05, 4.69) is 197 Å². The molecule has 0 N–H and O–H groups in total. The fourth-order valence-corrected chi connectivity index (χ4v) is 8.99. The van der Waals surface area contributed by atoms with Crippen molar-refractivity contribution in [3.63, 3.8) is 0 Å². The second kappa shape index (κ2) is 11.6. The maximum Gasteiger partial charge on any atom is 0.136 e. The fourth-order valence-electron chi connectivity index (χ4n) is 8.99. The largest absolute Gasteiger partial charge is 0.456 e. The van der Waals surface area contributed by atoms with Gasteiger partial charge in [0.2, 0.25) is 0 Å². The lowest BCUT2D eigenvalue weighted by atomic mass is 9.99. The lowest BCUT2D eigenvalue weighted by Gasteiger charge is -2.11. The minimum Gasteiger partial charge on any atom is -0.456 e. The molecule has 9 aromatic carbocycles. The van der Waals surface area contributed by atoms with E-state index >= 15 is 0 Å². The lowest BCUT2D eigenvalue weighted by Crippen LogP contribution is -1.94. The third kappa shape index (κ3) is 4.50. The van der Waals surface area contributed by atoms with E-state index in [0.717, 1.165) is 38.8 Å². The topological polar surface area (TPSA) is 23.0 Å². The number of rotatable bonds is 4. The Hall–Kier alpha value is -7.36. The summed E-state index contributed by atoms with van der Waals surface area (Å²) < 4.78 is 11.3. The van der Waals surface area contributed by atoms with Crippen LogP contribution in [0.4, 0.5) is 0 Å². The Labute approximate surface area is 316 Å². The highest BCUT2D eigenvalue weighted by molar-refractivity contribution is 6.28. The summed E-state index contributed by atoms with van der Waals surface area (Å²) in [4.78, 5) is 0. The van der Waals surface area contributed by atoms with Crippen molar-refractivity contribution < 1.29 is 4.42 Å². The smallest absolute Gasteiger partial charge is 0.136 e. The molecule has 0 saturated heterocycles. The molecule has 3 heteroatoms. The maximum atomic E-state index is 6.45. The quantitative estimate of drug-likeness (QED) is 0.179. The third-order valence-electron chi connectivity index (χ3n) is 11.5. The minimum absolute atomic E-state index is 0.905. The van der Waals surface area contributed by atoms with E-state index in [9.17, 15) is 0 Å². The van der Waals surface area contributed by atoms with E-state index in [-0.39, 0.29) is 0 Å². The zero-order chi connectivity index (χ0) is 36.0. The summed E-state index contributed by atoms with van der Waals surface area (Å²) in [6.07, 6.45) is 0. The summed E-state index contributed by atoms with van der Waals surface area (Å²) in [6, 6.07) is 70.3. The molecule has 3 aromatic heterocycles. The number of benzene rings is 9. The Morgan fingerprint density at radius 1 is 0.291 bits per heavy atom. The summed E-state index contributed by atoms with van der Waals surface area (Å²) in [5.74, 6) is 0. The van der Waals surface area contributed by atoms with Gasteiger partial charge in [0.1, 0.15) is 11.2 Å². The van der Waals surface area contributed by atoms with Crippen LogP contribution in [0.2, 0.25) is 0 Å². The lowest BCUT2D eigenvalue weighted by molar-refractivity contribution is 0.669. The van der Waals surface area contributed by atoms with Crippen molar-refractivity contribution in [1.29, 1.82) is 0 Å². The molecule has 0 radical (unpaired) electrons.